The molecule has 1 atom stereocenters. The Morgan fingerprint density at radius 1 is 1.50 bits per heavy atom. The summed E-state index contributed by atoms with van der Waals surface area (Å²) in [6, 6.07) is 3.89. The summed E-state index contributed by atoms with van der Waals surface area (Å²) < 4.78 is 1.75. The molecule has 0 saturated heterocycles. The normalized spacial score (nSPS) is 18.9. The Hall–Kier alpha value is -1.09. The smallest absolute Gasteiger partial charge is 0.253 e. The van der Waals surface area contributed by atoms with E-state index in [0.29, 0.717) is 12.5 Å². The van der Waals surface area contributed by atoms with Gasteiger partial charge in [-0.2, -0.15) is 0 Å². The van der Waals surface area contributed by atoms with Gasteiger partial charge in [0.1, 0.15) is 0 Å². The molecule has 0 aliphatic heterocycles. The number of nitrogens with two attached hydrogens (primary N) is 1. The number of aryl methyl sites for hydroxylation is 1. The number of pyridine rings is 1. The van der Waals surface area contributed by atoms with Crippen LogP contribution in [0.4, 0.5) is 0 Å². The van der Waals surface area contributed by atoms with Crippen LogP contribution in [0.5, 0.6) is 0 Å². The van der Waals surface area contributed by atoms with Gasteiger partial charge in [0.05, 0.1) is 0 Å². The van der Waals surface area contributed by atoms with Crippen molar-refractivity contribution in [3.63, 3.8) is 0 Å². The molecule has 1 aliphatic carbocycles. The first-order valence-corrected chi connectivity index (χ1v) is 6.10. The summed E-state index contributed by atoms with van der Waals surface area (Å²) in [7, 11) is 0. The minimum Gasteiger partial charge on any atom is -0.326 e. The molecule has 1 aromatic rings. The zero-order chi connectivity index (χ0) is 11.5. The maximum Gasteiger partial charge on any atom is 0.253 e. The van der Waals surface area contributed by atoms with Crippen molar-refractivity contribution in [1.82, 2.24) is 4.57 Å². The first-order chi connectivity index (χ1) is 7.68. The Morgan fingerprint density at radius 2 is 2.19 bits per heavy atom. The fourth-order valence-electron chi connectivity index (χ4n) is 2.56. The van der Waals surface area contributed by atoms with Gasteiger partial charge in [-0.1, -0.05) is 18.9 Å². The van der Waals surface area contributed by atoms with Gasteiger partial charge in [0.2, 0.25) is 0 Å². The van der Waals surface area contributed by atoms with E-state index in [-0.39, 0.29) is 11.6 Å². The Morgan fingerprint density at radius 3 is 2.88 bits per heavy atom. The van der Waals surface area contributed by atoms with E-state index in [4.69, 9.17) is 5.73 Å². The summed E-state index contributed by atoms with van der Waals surface area (Å²) >= 11 is 0. The summed E-state index contributed by atoms with van der Waals surface area (Å²) in [5.41, 5.74) is 7.06. The van der Waals surface area contributed by atoms with E-state index in [9.17, 15) is 4.79 Å². The Bertz CT molecular complexity index is 405. The molecule has 0 amide bonds. The lowest BCUT2D eigenvalue weighted by Crippen LogP contribution is -2.37. The molecule has 16 heavy (non-hydrogen) atoms. The van der Waals surface area contributed by atoms with Crippen molar-refractivity contribution < 1.29 is 0 Å². The van der Waals surface area contributed by atoms with Crippen molar-refractivity contribution in [2.75, 3.05) is 0 Å². The van der Waals surface area contributed by atoms with Crippen LogP contribution in [0.2, 0.25) is 0 Å². The number of rotatable bonds is 3. The van der Waals surface area contributed by atoms with Crippen LogP contribution in [0.1, 0.15) is 31.2 Å². The van der Waals surface area contributed by atoms with E-state index < -0.39 is 0 Å². The van der Waals surface area contributed by atoms with Gasteiger partial charge >= 0.3 is 0 Å². The molecule has 1 saturated carbocycles. The summed E-state index contributed by atoms with van der Waals surface area (Å²) in [5.74, 6) is 0.604. The lowest BCUT2D eigenvalue weighted by Gasteiger charge is -2.19. The van der Waals surface area contributed by atoms with Gasteiger partial charge in [-0.15, -0.1) is 0 Å². The number of hydrogen-bond donors (Lipinski definition) is 1. The molecule has 0 bridgehead atoms. The zero-order valence-electron chi connectivity index (χ0n) is 9.86. The molecule has 2 N–H and O–H groups in total. The Kier molecular flexibility index (Phi) is 3.44. The second-order valence-electron chi connectivity index (χ2n) is 4.86. The second kappa shape index (κ2) is 4.83. The van der Waals surface area contributed by atoms with E-state index in [0.717, 1.165) is 5.56 Å². The van der Waals surface area contributed by atoms with Crippen LogP contribution >= 0.6 is 0 Å². The van der Waals surface area contributed by atoms with Gasteiger partial charge in [-0.25, -0.2) is 0 Å². The van der Waals surface area contributed by atoms with E-state index in [1.807, 2.05) is 25.3 Å². The zero-order valence-corrected chi connectivity index (χ0v) is 9.86. The molecular formula is C13H20N2O. The number of aromatic nitrogens is 1. The molecule has 1 fully saturated rings. The third-order valence-corrected chi connectivity index (χ3v) is 3.62. The molecule has 0 spiro atoms. The van der Waals surface area contributed by atoms with Crippen LogP contribution < -0.4 is 11.3 Å². The van der Waals surface area contributed by atoms with Crippen molar-refractivity contribution in [2.45, 2.75) is 45.2 Å². The lowest BCUT2D eigenvalue weighted by atomic mass is 9.99. The highest BCUT2D eigenvalue weighted by molar-refractivity contribution is 5.07. The maximum absolute atomic E-state index is 11.8. The first-order valence-electron chi connectivity index (χ1n) is 6.10. The lowest BCUT2D eigenvalue weighted by molar-refractivity contribution is 0.383. The monoisotopic (exact) mass is 220 g/mol. The van der Waals surface area contributed by atoms with Gasteiger partial charge in [0.15, 0.2) is 0 Å². The highest BCUT2D eigenvalue weighted by Crippen LogP contribution is 2.27. The molecule has 1 aliphatic rings. The highest BCUT2D eigenvalue weighted by Gasteiger charge is 2.22. The van der Waals surface area contributed by atoms with Crippen LogP contribution in [0.15, 0.2) is 23.1 Å². The van der Waals surface area contributed by atoms with E-state index in [1.54, 1.807) is 4.57 Å². The summed E-state index contributed by atoms with van der Waals surface area (Å²) in [6.07, 6.45) is 6.87. The predicted octanol–water partition coefficient (Wildman–Crippen LogP) is 1.67. The number of hydrogen-bond acceptors (Lipinski definition) is 2. The van der Waals surface area contributed by atoms with Crippen LogP contribution in [-0.2, 0) is 6.54 Å². The van der Waals surface area contributed by atoms with Crippen molar-refractivity contribution in [1.29, 1.82) is 0 Å². The summed E-state index contributed by atoms with van der Waals surface area (Å²) in [6.45, 7) is 2.51. The first kappa shape index (κ1) is 11.4. The third-order valence-electron chi connectivity index (χ3n) is 3.62. The molecule has 1 aromatic heterocycles. The van der Waals surface area contributed by atoms with Crippen molar-refractivity contribution in [3.8, 4) is 0 Å². The van der Waals surface area contributed by atoms with Crippen LogP contribution in [0.25, 0.3) is 0 Å². The SMILES string of the molecule is Cc1cccn(CC(N)C2CCCC2)c1=O. The Balaban J connectivity index is 2.08. The Labute approximate surface area is 96.3 Å². The quantitative estimate of drug-likeness (QED) is 0.842. The van der Waals surface area contributed by atoms with Crippen LogP contribution in [0, 0.1) is 12.8 Å². The number of nitrogens with zero attached hydrogens (tertiary/aromatic N) is 1. The topological polar surface area (TPSA) is 48.0 Å². The van der Waals surface area contributed by atoms with E-state index in [2.05, 4.69) is 0 Å². The largest absolute Gasteiger partial charge is 0.326 e. The van der Waals surface area contributed by atoms with Crippen molar-refractivity contribution in [3.05, 3.63) is 34.2 Å². The summed E-state index contributed by atoms with van der Waals surface area (Å²) in [4.78, 5) is 11.8. The van der Waals surface area contributed by atoms with Gasteiger partial charge in [-0.05, 0) is 31.7 Å². The van der Waals surface area contributed by atoms with Gasteiger partial charge in [0.25, 0.3) is 5.56 Å². The van der Waals surface area contributed by atoms with Gasteiger partial charge < -0.3 is 10.3 Å². The highest BCUT2D eigenvalue weighted by atomic mass is 16.1. The van der Waals surface area contributed by atoms with Crippen molar-refractivity contribution in [2.24, 2.45) is 11.7 Å². The molecule has 2 rings (SSSR count). The molecule has 88 valence electrons. The predicted molar refractivity (Wildman–Crippen MR) is 65.4 cm³/mol. The molecule has 3 nitrogen and oxygen atoms in total. The standard InChI is InChI=1S/C13H20N2O/c1-10-5-4-8-15(13(10)16)9-12(14)11-6-2-3-7-11/h4-5,8,11-12H,2-3,6-7,9,14H2,1H3. The van der Waals surface area contributed by atoms with Gasteiger partial charge in [0, 0.05) is 24.3 Å². The van der Waals surface area contributed by atoms with E-state index in [1.165, 1.54) is 25.7 Å². The molecule has 1 heterocycles. The fourth-order valence-corrected chi connectivity index (χ4v) is 2.56. The average Bonchev–Trinajstić information content (AvgIpc) is 2.78. The molecule has 0 radical (unpaired) electrons. The molecule has 1 unspecified atom stereocenters. The minimum atomic E-state index is 0.0935. The second-order valence-corrected chi connectivity index (χ2v) is 4.86. The maximum atomic E-state index is 11.8. The molecular weight excluding hydrogens is 200 g/mol. The fraction of sp³-hybridized carbons (Fsp3) is 0.615. The third kappa shape index (κ3) is 2.35. The van der Waals surface area contributed by atoms with Crippen LogP contribution in [0.3, 0.4) is 0 Å². The summed E-state index contributed by atoms with van der Waals surface area (Å²) in [5, 5.41) is 0. The van der Waals surface area contributed by atoms with Crippen LogP contribution in [-0.4, -0.2) is 10.6 Å². The average molecular weight is 220 g/mol. The molecule has 0 aromatic carbocycles. The van der Waals surface area contributed by atoms with E-state index >= 15 is 0 Å². The minimum absolute atomic E-state index is 0.0935. The van der Waals surface area contributed by atoms with Gasteiger partial charge in [-0.3, -0.25) is 4.79 Å². The molecule has 3 heteroatoms. The van der Waals surface area contributed by atoms with Crippen molar-refractivity contribution >= 4 is 0 Å².